The number of benzene rings is 1. The van der Waals surface area contributed by atoms with E-state index >= 15 is 0 Å². The molecule has 0 aliphatic rings. The van der Waals surface area contributed by atoms with Crippen LogP contribution in [0.15, 0.2) is 35.2 Å². The van der Waals surface area contributed by atoms with E-state index in [-0.39, 0.29) is 17.1 Å². The number of hydrogen-bond donors (Lipinski definition) is 1. The minimum atomic E-state index is -3.65. The molecule has 2 N–H and O–H groups in total. The lowest BCUT2D eigenvalue weighted by atomic mass is 10.2. The predicted octanol–water partition coefficient (Wildman–Crippen LogP) is 1.34. The third-order valence-electron chi connectivity index (χ3n) is 2.32. The number of nitrogens with two attached hydrogens (primary N) is 1. The Balaban J connectivity index is 3.21. The van der Waals surface area contributed by atoms with Crippen LogP contribution in [0.1, 0.15) is 12.5 Å². The zero-order chi connectivity index (χ0) is 13.9. The van der Waals surface area contributed by atoms with Crippen molar-refractivity contribution in [3.63, 3.8) is 0 Å². The van der Waals surface area contributed by atoms with Gasteiger partial charge in [-0.15, -0.1) is 0 Å². The molecule has 1 aromatic rings. The van der Waals surface area contributed by atoms with E-state index in [1.54, 1.807) is 6.92 Å². The van der Waals surface area contributed by atoms with Crippen LogP contribution in [0.4, 0.5) is 5.69 Å². The van der Waals surface area contributed by atoms with Crippen LogP contribution in [-0.4, -0.2) is 26.3 Å². The van der Waals surface area contributed by atoms with E-state index in [2.05, 4.69) is 6.58 Å². The zero-order valence-electron chi connectivity index (χ0n) is 10.3. The molecule has 0 saturated carbocycles. The molecular weight excluding hydrogens is 250 g/mol. The Morgan fingerprint density at radius 2 is 2.17 bits per heavy atom. The average Bonchev–Trinajstić information content (AvgIpc) is 2.27. The molecule has 0 unspecified atom stereocenters. The molecule has 0 bridgehead atoms. The van der Waals surface area contributed by atoms with Gasteiger partial charge in [0.05, 0.1) is 17.3 Å². The lowest BCUT2D eigenvalue weighted by molar-refractivity contribution is 0.493. The van der Waals surface area contributed by atoms with E-state index in [0.717, 1.165) is 5.57 Å². The van der Waals surface area contributed by atoms with Crippen LogP contribution in [0.5, 0.6) is 0 Å². The molecule has 0 radical (unpaired) electrons. The molecule has 0 atom stereocenters. The Morgan fingerprint density at radius 1 is 1.56 bits per heavy atom. The topological polar surface area (TPSA) is 87.2 Å². The largest absolute Gasteiger partial charge is 0.398 e. The second kappa shape index (κ2) is 5.21. The highest BCUT2D eigenvalue weighted by atomic mass is 32.2. The van der Waals surface area contributed by atoms with Crippen molar-refractivity contribution in [3.05, 3.63) is 35.9 Å². The van der Waals surface area contributed by atoms with Crippen molar-refractivity contribution in [2.24, 2.45) is 0 Å². The number of nitriles is 1. The highest BCUT2D eigenvalue weighted by molar-refractivity contribution is 7.89. The molecule has 18 heavy (non-hydrogen) atoms. The van der Waals surface area contributed by atoms with E-state index in [9.17, 15) is 8.42 Å². The average molecular weight is 265 g/mol. The van der Waals surface area contributed by atoms with Crippen LogP contribution in [-0.2, 0) is 10.0 Å². The summed E-state index contributed by atoms with van der Waals surface area (Å²) in [6.07, 6.45) is 0. The van der Waals surface area contributed by atoms with Gasteiger partial charge in [0, 0.05) is 13.6 Å². The summed E-state index contributed by atoms with van der Waals surface area (Å²) in [5.41, 5.74) is 6.80. The van der Waals surface area contributed by atoms with Crippen molar-refractivity contribution in [1.82, 2.24) is 4.31 Å². The maximum atomic E-state index is 12.2. The first-order valence-electron chi connectivity index (χ1n) is 5.19. The van der Waals surface area contributed by atoms with Crippen LogP contribution in [0.25, 0.3) is 0 Å². The lowest BCUT2D eigenvalue weighted by Gasteiger charge is -2.18. The summed E-state index contributed by atoms with van der Waals surface area (Å²) in [5.74, 6) is 0. The van der Waals surface area contributed by atoms with E-state index in [1.807, 2.05) is 6.07 Å². The summed E-state index contributed by atoms with van der Waals surface area (Å²) >= 11 is 0. The Morgan fingerprint density at radius 3 is 2.61 bits per heavy atom. The summed E-state index contributed by atoms with van der Waals surface area (Å²) in [6.45, 7) is 5.64. The number of nitrogens with zero attached hydrogens (tertiary/aromatic N) is 2. The molecule has 1 aromatic carbocycles. The van der Waals surface area contributed by atoms with Crippen LogP contribution < -0.4 is 5.73 Å². The number of hydrogen-bond acceptors (Lipinski definition) is 4. The maximum Gasteiger partial charge on any atom is 0.245 e. The van der Waals surface area contributed by atoms with Crippen molar-refractivity contribution in [2.75, 3.05) is 19.3 Å². The van der Waals surface area contributed by atoms with Gasteiger partial charge in [0.15, 0.2) is 0 Å². The molecule has 1 rings (SSSR count). The molecule has 0 amide bonds. The number of anilines is 1. The first-order chi connectivity index (χ1) is 8.28. The van der Waals surface area contributed by atoms with Crippen molar-refractivity contribution in [3.8, 4) is 6.07 Å². The Hall–Kier alpha value is -1.84. The van der Waals surface area contributed by atoms with E-state index in [1.165, 1.54) is 29.6 Å². The van der Waals surface area contributed by atoms with E-state index in [0.29, 0.717) is 5.56 Å². The van der Waals surface area contributed by atoms with Crippen molar-refractivity contribution in [1.29, 1.82) is 5.26 Å². The highest BCUT2D eigenvalue weighted by Crippen LogP contribution is 2.22. The molecule has 0 aliphatic carbocycles. The molecule has 0 saturated heterocycles. The van der Waals surface area contributed by atoms with Crippen LogP contribution >= 0.6 is 0 Å². The number of likely N-dealkylation sites (N-methyl/N-ethyl adjacent to an activating group) is 1. The number of rotatable bonds is 4. The van der Waals surface area contributed by atoms with Crippen molar-refractivity contribution in [2.45, 2.75) is 11.8 Å². The van der Waals surface area contributed by atoms with Gasteiger partial charge in [-0.3, -0.25) is 0 Å². The number of nitrogen functional groups attached to an aromatic ring is 1. The Bertz CT molecular complexity index is 615. The normalized spacial score (nSPS) is 11.2. The first-order valence-corrected chi connectivity index (χ1v) is 6.63. The minimum Gasteiger partial charge on any atom is -0.398 e. The van der Waals surface area contributed by atoms with Gasteiger partial charge in [-0.25, -0.2) is 8.42 Å². The van der Waals surface area contributed by atoms with Gasteiger partial charge in [0.25, 0.3) is 0 Å². The van der Waals surface area contributed by atoms with Gasteiger partial charge in [-0.05, 0) is 25.1 Å². The molecule has 0 aliphatic heterocycles. The molecule has 0 heterocycles. The monoisotopic (exact) mass is 265 g/mol. The number of sulfonamides is 1. The van der Waals surface area contributed by atoms with E-state index < -0.39 is 10.0 Å². The fourth-order valence-electron chi connectivity index (χ4n) is 1.49. The van der Waals surface area contributed by atoms with Crippen LogP contribution in [0.3, 0.4) is 0 Å². The quantitative estimate of drug-likeness (QED) is 0.657. The SMILES string of the molecule is C=C(C)CN(C)S(=O)(=O)c1ccc(C#N)cc1N. The second-order valence-electron chi connectivity index (χ2n) is 4.08. The zero-order valence-corrected chi connectivity index (χ0v) is 11.2. The predicted molar refractivity (Wildman–Crippen MR) is 70.2 cm³/mol. The summed E-state index contributed by atoms with van der Waals surface area (Å²) < 4.78 is 25.6. The molecule has 6 heteroatoms. The lowest BCUT2D eigenvalue weighted by Crippen LogP contribution is -2.29. The Kier molecular flexibility index (Phi) is 4.11. The minimum absolute atomic E-state index is 0.00486. The highest BCUT2D eigenvalue weighted by Gasteiger charge is 2.23. The van der Waals surface area contributed by atoms with Gasteiger partial charge in [-0.2, -0.15) is 9.57 Å². The summed E-state index contributed by atoms with van der Waals surface area (Å²) in [6, 6.07) is 6.03. The molecular formula is C12H15N3O2S. The molecule has 0 aromatic heterocycles. The standard InChI is InChI=1S/C12H15N3O2S/c1-9(2)8-15(3)18(16,17)12-5-4-10(7-13)6-11(12)14/h4-6H,1,8,14H2,2-3H3. The third-order valence-corrected chi connectivity index (χ3v) is 4.20. The smallest absolute Gasteiger partial charge is 0.245 e. The Labute approximate surface area is 107 Å². The summed E-state index contributed by atoms with van der Waals surface area (Å²) in [5, 5.41) is 8.71. The summed E-state index contributed by atoms with van der Waals surface area (Å²) in [7, 11) is -2.19. The van der Waals surface area contributed by atoms with Gasteiger partial charge in [-0.1, -0.05) is 12.2 Å². The van der Waals surface area contributed by atoms with Crippen molar-refractivity contribution < 1.29 is 8.42 Å². The molecule has 96 valence electrons. The third kappa shape index (κ3) is 2.88. The molecule has 0 fully saturated rings. The molecule has 0 spiro atoms. The van der Waals surface area contributed by atoms with E-state index in [4.69, 9.17) is 11.0 Å². The van der Waals surface area contributed by atoms with Gasteiger partial charge in [0.2, 0.25) is 10.0 Å². The summed E-state index contributed by atoms with van der Waals surface area (Å²) in [4.78, 5) is 0.00486. The van der Waals surface area contributed by atoms with Crippen LogP contribution in [0.2, 0.25) is 0 Å². The fraction of sp³-hybridized carbons (Fsp3) is 0.250. The van der Waals surface area contributed by atoms with Gasteiger partial charge in [0.1, 0.15) is 4.90 Å². The van der Waals surface area contributed by atoms with Gasteiger partial charge >= 0.3 is 0 Å². The second-order valence-corrected chi connectivity index (χ2v) is 6.10. The maximum absolute atomic E-state index is 12.2. The fourth-order valence-corrected chi connectivity index (χ4v) is 2.81. The van der Waals surface area contributed by atoms with Crippen molar-refractivity contribution >= 4 is 15.7 Å². The molecule has 5 nitrogen and oxygen atoms in total. The van der Waals surface area contributed by atoms with Gasteiger partial charge < -0.3 is 5.73 Å². The van der Waals surface area contributed by atoms with Crippen LogP contribution in [0, 0.1) is 11.3 Å². The first kappa shape index (κ1) is 14.2.